The third-order valence-corrected chi connectivity index (χ3v) is 3.69. The minimum atomic E-state index is -1.13. The Morgan fingerprint density at radius 3 is 2.71 bits per heavy atom. The molecule has 92 valence electrons. The molecule has 1 N–H and O–H groups in total. The van der Waals surface area contributed by atoms with Crippen molar-refractivity contribution in [2.24, 2.45) is 0 Å². The number of carbonyl (C=O) groups is 1. The molecule has 2 rings (SSSR count). The first-order chi connectivity index (χ1) is 8.16. The molecule has 0 aliphatic carbocycles. The lowest BCUT2D eigenvalue weighted by molar-refractivity contribution is 0.0696. The van der Waals surface area contributed by atoms with Gasteiger partial charge in [-0.1, -0.05) is 0 Å². The Balaban J connectivity index is 2.08. The van der Waals surface area contributed by atoms with Crippen LogP contribution in [0.1, 0.15) is 23.2 Å². The zero-order valence-electron chi connectivity index (χ0n) is 9.19. The van der Waals surface area contributed by atoms with Crippen LogP contribution in [0.4, 0.5) is 4.39 Å². The lowest BCUT2D eigenvalue weighted by atomic mass is 10.2. The highest BCUT2D eigenvalue weighted by Crippen LogP contribution is 2.25. The van der Waals surface area contributed by atoms with Gasteiger partial charge in [-0.05, 0) is 42.5 Å². The topological polar surface area (TPSA) is 46.5 Å². The lowest BCUT2D eigenvalue weighted by Crippen LogP contribution is -2.22. The largest absolute Gasteiger partial charge is 0.487 e. The number of rotatable bonds is 3. The number of carboxylic acid groups (broad SMARTS) is 1. The summed E-state index contributed by atoms with van der Waals surface area (Å²) in [6, 6.07) is 3.74. The summed E-state index contributed by atoms with van der Waals surface area (Å²) in [5, 5.41) is 8.71. The summed E-state index contributed by atoms with van der Waals surface area (Å²) < 4.78 is 19.1. The molecular weight excluding hydrogens is 243 g/mol. The molecule has 1 fully saturated rings. The second-order valence-electron chi connectivity index (χ2n) is 3.88. The summed E-state index contributed by atoms with van der Waals surface area (Å²) in [7, 11) is 0. The predicted octanol–water partition coefficient (Wildman–Crippen LogP) is 2.80. The van der Waals surface area contributed by atoms with Crippen LogP contribution in [-0.4, -0.2) is 28.7 Å². The predicted molar refractivity (Wildman–Crippen MR) is 64.3 cm³/mol. The van der Waals surface area contributed by atoms with Crippen molar-refractivity contribution in [1.82, 2.24) is 0 Å². The molecule has 1 aromatic rings. The SMILES string of the molecule is O=C(O)c1ccc(OC2CCSCC2)c(F)c1. The number of ether oxygens (including phenoxy) is 1. The molecule has 5 heteroatoms. The minimum absolute atomic E-state index is 0.0430. The van der Waals surface area contributed by atoms with Crippen LogP contribution in [0, 0.1) is 5.82 Å². The number of thioether (sulfide) groups is 1. The molecule has 17 heavy (non-hydrogen) atoms. The van der Waals surface area contributed by atoms with E-state index in [0.717, 1.165) is 30.4 Å². The lowest BCUT2D eigenvalue weighted by Gasteiger charge is -2.22. The van der Waals surface area contributed by atoms with E-state index in [9.17, 15) is 9.18 Å². The highest BCUT2D eigenvalue weighted by Gasteiger charge is 2.17. The number of aromatic carboxylic acids is 1. The van der Waals surface area contributed by atoms with Crippen LogP contribution in [0.5, 0.6) is 5.75 Å². The maximum atomic E-state index is 13.6. The normalized spacial score (nSPS) is 16.8. The Bertz CT molecular complexity index is 416. The fourth-order valence-corrected chi connectivity index (χ4v) is 2.77. The Labute approximate surface area is 103 Å². The summed E-state index contributed by atoms with van der Waals surface area (Å²) in [5.41, 5.74) is -0.0611. The van der Waals surface area contributed by atoms with Crippen LogP contribution >= 0.6 is 11.8 Å². The summed E-state index contributed by atoms with van der Waals surface area (Å²) in [4.78, 5) is 10.6. The Kier molecular flexibility index (Phi) is 3.89. The van der Waals surface area contributed by atoms with Gasteiger partial charge in [-0.15, -0.1) is 0 Å². The van der Waals surface area contributed by atoms with Crippen molar-refractivity contribution in [2.75, 3.05) is 11.5 Å². The van der Waals surface area contributed by atoms with E-state index in [-0.39, 0.29) is 17.4 Å². The molecular formula is C12H13FO3S. The van der Waals surface area contributed by atoms with Gasteiger partial charge in [-0.3, -0.25) is 0 Å². The number of hydrogen-bond donors (Lipinski definition) is 1. The van der Waals surface area contributed by atoms with Gasteiger partial charge in [0.15, 0.2) is 11.6 Å². The van der Waals surface area contributed by atoms with Crippen molar-refractivity contribution in [3.05, 3.63) is 29.6 Å². The van der Waals surface area contributed by atoms with E-state index in [0.29, 0.717) is 0 Å². The third-order valence-electron chi connectivity index (χ3n) is 2.64. The van der Waals surface area contributed by atoms with E-state index in [1.54, 1.807) is 0 Å². The third kappa shape index (κ3) is 3.12. The van der Waals surface area contributed by atoms with Crippen molar-refractivity contribution in [1.29, 1.82) is 0 Å². The van der Waals surface area contributed by atoms with Crippen LogP contribution in [0.25, 0.3) is 0 Å². The summed E-state index contributed by atoms with van der Waals surface area (Å²) in [6.45, 7) is 0. The minimum Gasteiger partial charge on any atom is -0.487 e. The van der Waals surface area contributed by atoms with Crippen molar-refractivity contribution in [3.63, 3.8) is 0 Å². The smallest absolute Gasteiger partial charge is 0.335 e. The van der Waals surface area contributed by atoms with Crippen LogP contribution in [-0.2, 0) is 0 Å². The number of halogens is 1. The zero-order chi connectivity index (χ0) is 12.3. The molecule has 1 heterocycles. The van der Waals surface area contributed by atoms with E-state index < -0.39 is 11.8 Å². The molecule has 0 aromatic heterocycles. The first kappa shape index (κ1) is 12.2. The van der Waals surface area contributed by atoms with Crippen molar-refractivity contribution in [2.45, 2.75) is 18.9 Å². The monoisotopic (exact) mass is 256 g/mol. The highest BCUT2D eigenvalue weighted by molar-refractivity contribution is 7.99. The molecule has 0 radical (unpaired) electrons. The molecule has 0 saturated carbocycles. The van der Waals surface area contributed by atoms with Gasteiger partial charge < -0.3 is 9.84 Å². The molecule has 3 nitrogen and oxygen atoms in total. The maximum Gasteiger partial charge on any atom is 0.335 e. The first-order valence-corrected chi connectivity index (χ1v) is 6.59. The molecule has 0 atom stereocenters. The summed E-state index contributed by atoms with van der Waals surface area (Å²) in [6.07, 6.45) is 1.86. The molecule has 0 amide bonds. The van der Waals surface area contributed by atoms with E-state index in [1.165, 1.54) is 12.1 Å². The van der Waals surface area contributed by atoms with Crippen molar-refractivity contribution >= 4 is 17.7 Å². The highest BCUT2D eigenvalue weighted by atomic mass is 32.2. The maximum absolute atomic E-state index is 13.6. The number of benzene rings is 1. The van der Waals surface area contributed by atoms with Gasteiger partial charge in [0, 0.05) is 0 Å². The number of hydrogen-bond acceptors (Lipinski definition) is 3. The Morgan fingerprint density at radius 2 is 2.12 bits per heavy atom. The molecule has 0 spiro atoms. The van der Waals surface area contributed by atoms with Crippen LogP contribution < -0.4 is 4.74 Å². The van der Waals surface area contributed by atoms with E-state index in [1.807, 2.05) is 11.8 Å². The number of carboxylic acids is 1. The van der Waals surface area contributed by atoms with E-state index in [2.05, 4.69) is 0 Å². The van der Waals surface area contributed by atoms with Crippen LogP contribution in [0.2, 0.25) is 0 Å². The van der Waals surface area contributed by atoms with Gasteiger partial charge in [-0.25, -0.2) is 9.18 Å². The molecule has 1 saturated heterocycles. The van der Waals surface area contributed by atoms with Crippen molar-refractivity contribution < 1.29 is 19.0 Å². The summed E-state index contributed by atoms with van der Waals surface area (Å²) >= 11 is 1.87. The van der Waals surface area contributed by atoms with Crippen molar-refractivity contribution in [3.8, 4) is 5.75 Å². The second-order valence-corrected chi connectivity index (χ2v) is 5.10. The zero-order valence-corrected chi connectivity index (χ0v) is 10.0. The fraction of sp³-hybridized carbons (Fsp3) is 0.417. The van der Waals surface area contributed by atoms with E-state index >= 15 is 0 Å². The van der Waals surface area contributed by atoms with Gasteiger partial charge in [0.05, 0.1) is 5.56 Å². The average molecular weight is 256 g/mol. The molecule has 1 aliphatic rings. The fourth-order valence-electron chi connectivity index (χ4n) is 1.70. The molecule has 1 aliphatic heterocycles. The first-order valence-electron chi connectivity index (χ1n) is 5.44. The van der Waals surface area contributed by atoms with E-state index in [4.69, 9.17) is 9.84 Å². The van der Waals surface area contributed by atoms with Gasteiger partial charge in [0.1, 0.15) is 6.10 Å². The Hall–Kier alpha value is -1.23. The van der Waals surface area contributed by atoms with Gasteiger partial charge >= 0.3 is 5.97 Å². The molecule has 1 aromatic carbocycles. The standard InChI is InChI=1S/C12H13FO3S/c13-10-7-8(12(14)15)1-2-11(10)16-9-3-5-17-6-4-9/h1-2,7,9H,3-6H2,(H,14,15). The molecule has 0 unspecified atom stereocenters. The quantitative estimate of drug-likeness (QED) is 0.903. The van der Waals surface area contributed by atoms with Gasteiger partial charge in [0.2, 0.25) is 0 Å². The van der Waals surface area contributed by atoms with Gasteiger partial charge in [0.25, 0.3) is 0 Å². The Morgan fingerprint density at radius 1 is 1.41 bits per heavy atom. The van der Waals surface area contributed by atoms with Crippen LogP contribution in [0.15, 0.2) is 18.2 Å². The van der Waals surface area contributed by atoms with Crippen LogP contribution in [0.3, 0.4) is 0 Å². The average Bonchev–Trinajstić information content (AvgIpc) is 2.33. The summed E-state index contributed by atoms with van der Waals surface area (Å²) in [5.74, 6) is 0.457. The van der Waals surface area contributed by atoms with Gasteiger partial charge in [-0.2, -0.15) is 11.8 Å². The second kappa shape index (κ2) is 5.40. The molecule has 0 bridgehead atoms.